The Balaban J connectivity index is 4.21. The van der Waals surface area contributed by atoms with E-state index < -0.39 is 30.8 Å². The van der Waals surface area contributed by atoms with E-state index in [0.717, 1.165) is 0 Å². The molecule has 0 aliphatic heterocycles. The fraction of sp³-hybridized carbons (Fsp3) is 0.714. The molecule has 0 aromatic carbocycles. The molecule has 0 aliphatic carbocycles. The molecule has 0 rings (SSSR count). The van der Waals surface area contributed by atoms with Gasteiger partial charge in [-0.15, -0.1) is 0 Å². The van der Waals surface area contributed by atoms with Gasteiger partial charge >= 0.3 is 0 Å². The molecule has 13 heavy (non-hydrogen) atoms. The molecule has 0 spiro atoms. The summed E-state index contributed by atoms with van der Waals surface area (Å²) in [6.07, 6.45) is -2.64. The van der Waals surface area contributed by atoms with Gasteiger partial charge in [0.15, 0.2) is 0 Å². The maximum absolute atomic E-state index is 10.5. The first kappa shape index (κ1) is 12.0. The maximum atomic E-state index is 10.5. The molecule has 0 saturated heterocycles. The first-order valence-electron chi connectivity index (χ1n) is 3.72. The van der Waals surface area contributed by atoms with Crippen LogP contribution in [0.2, 0.25) is 0 Å². The lowest BCUT2D eigenvalue weighted by Gasteiger charge is -2.21. The van der Waals surface area contributed by atoms with Crippen LogP contribution in [-0.4, -0.2) is 52.4 Å². The van der Waals surface area contributed by atoms with Crippen LogP contribution < -0.4 is 5.32 Å². The average molecular weight is 191 g/mol. The van der Waals surface area contributed by atoms with Crippen molar-refractivity contribution in [3.8, 4) is 0 Å². The highest BCUT2D eigenvalue weighted by Crippen LogP contribution is 1.97. The largest absolute Gasteiger partial charge is 0.394 e. The average Bonchev–Trinajstić information content (AvgIpc) is 2.11. The molecule has 0 aromatic rings. The maximum Gasteiger partial charge on any atom is 0.217 e. The summed E-state index contributed by atoms with van der Waals surface area (Å²) in [5.41, 5.74) is 0. The van der Waals surface area contributed by atoms with E-state index in [-0.39, 0.29) is 0 Å². The summed E-state index contributed by atoms with van der Waals surface area (Å²) >= 11 is 0. The zero-order chi connectivity index (χ0) is 10.4. The monoisotopic (exact) mass is 191 g/mol. The molecule has 0 fully saturated rings. The van der Waals surface area contributed by atoms with Crippen molar-refractivity contribution in [2.24, 2.45) is 0 Å². The Hall–Kier alpha value is -0.980. The molecule has 0 unspecified atom stereocenters. The van der Waals surface area contributed by atoms with Crippen LogP contribution in [-0.2, 0) is 9.59 Å². The van der Waals surface area contributed by atoms with Crippen LogP contribution in [0.3, 0.4) is 0 Å². The fourth-order valence-corrected chi connectivity index (χ4v) is 0.782. The van der Waals surface area contributed by atoms with Crippen LogP contribution in [0.4, 0.5) is 0 Å². The van der Waals surface area contributed by atoms with Crippen LogP contribution in [0.25, 0.3) is 0 Å². The second kappa shape index (κ2) is 5.63. The predicted molar refractivity (Wildman–Crippen MR) is 42.8 cm³/mol. The molecule has 0 aromatic heterocycles. The van der Waals surface area contributed by atoms with Gasteiger partial charge < -0.3 is 25.4 Å². The molecule has 4 N–H and O–H groups in total. The smallest absolute Gasteiger partial charge is 0.217 e. The van der Waals surface area contributed by atoms with Crippen molar-refractivity contribution < 1.29 is 24.9 Å². The number of aliphatic hydroxyl groups is 3. The number of amides is 1. The summed E-state index contributed by atoms with van der Waals surface area (Å²) in [5.74, 6) is -0.499. The lowest BCUT2D eigenvalue weighted by atomic mass is 10.1. The van der Waals surface area contributed by atoms with Crippen molar-refractivity contribution in [1.82, 2.24) is 5.32 Å². The van der Waals surface area contributed by atoms with Crippen LogP contribution in [0.1, 0.15) is 6.92 Å². The number of aldehydes is 1. The van der Waals surface area contributed by atoms with E-state index in [1.54, 1.807) is 0 Å². The third kappa shape index (κ3) is 3.97. The van der Waals surface area contributed by atoms with Crippen LogP contribution in [0.15, 0.2) is 0 Å². The van der Waals surface area contributed by atoms with E-state index in [4.69, 9.17) is 10.2 Å². The van der Waals surface area contributed by atoms with Crippen molar-refractivity contribution >= 4 is 12.2 Å². The summed E-state index contributed by atoms with van der Waals surface area (Å²) in [6, 6.07) is -1.19. The number of nitrogens with one attached hydrogen (secondary N) is 1. The Morgan fingerprint density at radius 2 is 2.08 bits per heavy atom. The summed E-state index contributed by atoms with van der Waals surface area (Å²) in [7, 11) is 0. The molecular weight excluding hydrogens is 178 g/mol. The van der Waals surface area contributed by atoms with Crippen LogP contribution in [0.5, 0.6) is 0 Å². The van der Waals surface area contributed by atoms with Gasteiger partial charge in [-0.1, -0.05) is 0 Å². The zero-order valence-electron chi connectivity index (χ0n) is 7.17. The Morgan fingerprint density at radius 3 is 2.38 bits per heavy atom. The Kier molecular flexibility index (Phi) is 5.20. The van der Waals surface area contributed by atoms with E-state index in [1.165, 1.54) is 6.92 Å². The van der Waals surface area contributed by atoms with Gasteiger partial charge in [-0.2, -0.15) is 0 Å². The molecule has 0 saturated carbocycles. The SMILES string of the molecule is CC(=O)N[C@@H](C=O)[C@@H](O)[C@H](O)CO. The molecule has 1 amide bonds. The molecule has 6 nitrogen and oxygen atoms in total. The Bertz CT molecular complexity index is 184. The molecule has 0 aliphatic rings. The van der Waals surface area contributed by atoms with Crippen molar-refractivity contribution in [2.45, 2.75) is 25.2 Å². The van der Waals surface area contributed by atoms with Gasteiger partial charge in [0.2, 0.25) is 5.91 Å². The van der Waals surface area contributed by atoms with E-state index in [0.29, 0.717) is 6.29 Å². The van der Waals surface area contributed by atoms with E-state index >= 15 is 0 Å². The van der Waals surface area contributed by atoms with Gasteiger partial charge in [0.1, 0.15) is 24.5 Å². The topological polar surface area (TPSA) is 107 Å². The number of carbonyl (C=O) groups is 2. The fourth-order valence-electron chi connectivity index (χ4n) is 0.782. The number of hydrogen-bond acceptors (Lipinski definition) is 5. The highest BCUT2D eigenvalue weighted by atomic mass is 16.4. The highest BCUT2D eigenvalue weighted by Gasteiger charge is 2.25. The van der Waals surface area contributed by atoms with Gasteiger partial charge in [0.25, 0.3) is 0 Å². The number of rotatable bonds is 5. The molecule has 76 valence electrons. The molecular formula is C7H13NO5. The number of carbonyl (C=O) groups excluding carboxylic acids is 2. The first-order chi connectivity index (χ1) is 6.02. The summed E-state index contributed by atoms with van der Waals surface area (Å²) in [5, 5.41) is 28.7. The van der Waals surface area contributed by atoms with E-state index in [9.17, 15) is 14.7 Å². The minimum Gasteiger partial charge on any atom is -0.394 e. The standard InChI is InChI=1S/C7H13NO5/c1-4(11)8-5(2-9)7(13)6(12)3-10/h2,5-7,10,12-13H,3H2,1H3,(H,8,11)/t5-,6+,7+/m0/s1. The van der Waals surface area contributed by atoms with Gasteiger partial charge in [0.05, 0.1) is 6.61 Å². The molecule has 6 heteroatoms. The molecule has 0 heterocycles. The lowest BCUT2D eigenvalue weighted by molar-refractivity contribution is -0.126. The number of aliphatic hydroxyl groups excluding tert-OH is 3. The van der Waals surface area contributed by atoms with Gasteiger partial charge in [0, 0.05) is 6.92 Å². The molecule has 0 radical (unpaired) electrons. The zero-order valence-corrected chi connectivity index (χ0v) is 7.17. The van der Waals surface area contributed by atoms with Gasteiger partial charge in [-0.3, -0.25) is 4.79 Å². The minimum absolute atomic E-state index is 0.297. The summed E-state index contributed by atoms with van der Waals surface area (Å²) < 4.78 is 0. The van der Waals surface area contributed by atoms with Crippen LogP contribution in [0, 0.1) is 0 Å². The van der Waals surface area contributed by atoms with Crippen LogP contribution >= 0.6 is 0 Å². The molecule has 3 atom stereocenters. The van der Waals surface area contributed by atoms with E-state index in [2.05, 4.69) is 5.32 Å². The predicted octanol–water partition coefficient (Wildman–Crippen LogP) is -2.60. The van der Waals surface area contributed by atoms with Gasteiger partial charge in [-0.05, 0) is 0 Å². The highest BCUT2D eigenvalue weighted by molar-refractivity contribution is 5.77. The number of hydrogen-bond donors (Lipinski definition) is 4. The van der Waals surface area contributed by atoms with Crippen molar-refractivity contribution in [1.29, 1.82) is 0 Å². The molecule has 0 bridgehead atoms. The Morgan fingerprint density at radius 1 is 1.54 bits per heavy atom. The normalized spacial score (nSPS) is 17.2. The van der Waals surface area contributed by atoms with Crippen molar-refractivity contribution in [3.05, 3.63) is 0 Å². The first-order valence-corrected chi connectivity index (χ1v) is 3.72. The minimum atomic E-state index is -1.49. The van der Waals surface area contributed by atoms with Crippen molar-refractivity contribution in [3.63, 3.8) is 0 Å². The second-order valence-corrected chi connectivity index (χ2v) is 2.60. The second-order valence-electron chi connectivity index (χ2n) is 2.60. The lowest BCUT2D eigenvalue weighted by Crippen LogP contribution is -2.49. The third-order valence-electron chi connectivity index (χ3n) is 1.47. The van der Waals surface area contributed by atoms with Gasteiger partial charge in [-0.25, -0.2) is 0 Å². The summed E-state index contributed by atoms with van der Waals surface area (Å²) in [6.45, 7) is 0.500. The van der Waals surface area contributed by atoms with Crippen molar-refractivity contribution in [2.75, 3.05) is 6.61 Å². The quantitative estimate of drug-likeness (QED) is 0.357. The van der Waals surface area contributed by atoms with E-state index in [1.807, 2.05) is 0 Å². The Labute approximate surface area is 75.2 Å². The summed E-state index contributed by atoms with van der Waals surface area (Å²) in [4.78, 5) is 20.8. The third-order valence-corrected chi connectivity index (χ3v) is 1.47.